The van der Waals surface area contributed by atoms with E-state index in [-0.39, 0.29) is 17.0 Å². The highest BCUT2D eigenvalue weighted by atomic mass is 32.2. The topological polar surface area (TPSA) is 83.5 Å². The predicted molar refractivity (Wildman–Crippen MR) is 76.4 cm³/mol. The molecule has 2 N–H and O–H groups in total. The van der Waals surface area contributed by atoms with Crippen molar-refractivity contribution in [2.45, 2.75) is 18.4 Å². The molecule has 0 unspecified atom stereocenters. The monoisotopic (exact) mass is 329 g/mol. The summed E-state index contributed by atoms with van der Waals surface area (Å²) in [4.78, 5) is 11.5. The van der Waals surface area contributed by atoms with E-state index in [2.05, 4.69) is 4.72 Å². The molecule has 0 amide bonds. The van der Waals surface area contributed by atoms with Gasteiger partial charge >= 0.3 is 5.97 Å². The number of carboxylic acids is 1. The Hall–Kier alpha value is -1.77. The van der Waals surface area contributed by atoms with Crippen LogP contribution in [0.3, 0.4) is 0 Å². The molecule has 0 aliphatic heterocycles. The highest BCUT2D eigenvalue weighted by Gasteiger charge is 2.21. The van der Waals surface area contributed by atoms with Gasteiger partial charge in [-0.25, -0.2) is 22.3 Å². The molecule has 0 bridgehead atoms. The van der Waals surface area contributed by atoms with Crippen LogP contribution in [0.1, 0.15) is 20.8 Å². The minimum Gasteiger partial charge on any atom is -0.478 e. The van der Waals surface area contributed by atoms with E-state index in [0.717, 1.165) is 17.0 Å². The van der Waals surface area contributed by atoms with Crippen LogP contribution in [0.25, 0.3) is 0 Å². The zero-order chi connectivity index (χ0) is 15.6. The maximum Gasteiger partial charge on any atom is 0.338 e. The van der Waals surface area contributed by atoms with E-state index in [1.807, 2.05) is 5.38 Å². The summed E-state index contributed by atoms with van der Waals surface area (Å²) in [5, 5.41) is 10.7. The molecule has 21 heavy (non-hydrogen) atoms. The lowest BCUT2D eigenvalue weighted by atomic mass is 10.1. The van der Waals surface area contributed by atoms with Gasteiger partial charge in [0.1, 0.15) is 5.82 Å². The third-order valence-corrected chi connectivity index (χ3v) is 5.04. The number of nitrogens with one attached hydrogen (secondary N) is 1. The van der Waals surface area contributed by atoms with Gasteiger partial charge in [-0.2, -0.15) is 0 Å². The van der Waals surface area contributed by atoms with Crippen molar-refractivity contribution in [1.82, 2.24) is 4.72 Å². The van der Waals surface area contributed by atoms with Crippen molar-refractivity contribution in [1.29, 1.82) is 0 Å². The fraction of sp³-hybridized carbons (Fsp3) is 0.154. The third-order valence-electron chi connectivity index (χ3n) is 2.79. The molecule has 0 aliphatic rings. The number of carboxylic acid groups (broad SMARTS) is 1. The summed E-state index contributed by atoms with van der Waals surface area (Å²) in [6, 6.07) is 5.49. The molecule has 0 aliphatic carbocycles. The van der Waals surface area contributed by atoms with Gasteiger partial charge in [-0.15, -0.1) is 11.3 Å². The van der Waals surface area contributed by atoms with E-state index in [9.17, 15) is 17.6 Å². The molecule has 1 aromatic carbocycles. The van der Waals surface area contributed by atoms with Crippen LogP contribution in [-0.2, 0) is 16.6 Å². The smallest absolute Gasteiger partial charge is 0.338 e. The summed E-state index contributed by atoms with van der Waals surface area (Å²) in [5.74, 6) is -2.44. The number of carbonyl (C=O) groups is 1. The molecular formula is C13H12FNO4S2. The van der Waals surface area contributed by atoms with Crippen molar-refractivity contribution in [3.05, 3.63) is 51.5 Å². The Morgan fingerprint density at radius 3 is 2.71 bits per heavy atom. The second-order valence-corrected chi connectivity index (χ2v) is 7.11. The van der Waals surface area contributed by atoms with Crippen molar-refractivity contribution >= 4 is 27.3 Å². The van der Waals surface area contributed by atoms with Gasteiger partial charge in [0.25, 0.3) is 0 Å². The quantitative estimate of drug-likeness (QED) is 0.882. The van der Waals surface area contributed by atoms with Crippen LogP contribution in [-0.4, -0.2) is 19.5 Å². The van der Waals surface area contributed by atoms with Gasteiger partial charge in [0.15, 0.2) is 0 Å². The Morgan fingerprint density at radius 2 is 2.14 bits per heavy atom. The summed E-state index contributed by atoms with van der Waals surface area (Å²) < 4.78 is 40.3. The number of aromatic carboxylic acids is 1. The van der Waals surface area contributed by atoms with Gasteiger partial charge in [-0.05, 0) is 36.1 Å². The van der Waals surface area contributed by atoms with Gasteiger partial charge in [-0.1, -0.05) is 6.07 Å². The zero-order valence-corrected chi connectivity index (χ0v) is 12.6. The van der Waals surface area contributed by atoms with Crippen LogP contribution in [0, 0.1) is 12.7 Å². The molecular weight excluding hydrogens is 317 g/mol. The summed E-state index contributed by atoms with van der Waals surface area (Å²) in [6.07, 6.45) is 0. The fourth-order valence-corrected chi connectivity index (χ4v) is 3.56. The lowest BCUT2D eigenvalue weighted by Crippen LogP contribution is -2.23. The summed E-state index contributed by atoms with van der Waals surface area (Å²) in [7, 11) is -3.90. The minimum absolute atomic E-state index is 0.0357. The van der Waals surface area contributed by atoms with Crippen LogP contribution >= 0.6 is 11.3 Å². The maximum absolute atomic E-state index is 13.6. The van der Waals surface area contributed by atoms with E-state index in [0.29, 0.717) is 0 Å². The number of rotatable bonds is 5. The third kappa shape index (κ3) is 3.46. The van der Waals surface area contributed by atoms with Gasteiger partial charge in [0.2, 0.25) is 10.0 Å². The Bertz CT molecular complexity index is 770. The first-order valence-corrected chi connectivity index (χ1v) is 8.23. The number of hydrogen-bond acceptors (Lipinski definition) is 4. The van der Waals surface area contributed by atoms with Crippen molar-refractivity contribution in [3.8, 4) is 0 Å². The normalized spacial score (nSPS) is 11.5. The first-order chi connectivity index (χ1) is 9.81. The summed E-state index contributed by atoms with van der Waals surface area (Å²) in [5.41, 5.74) is -0.696. The van der Waals surface area contributed by atoms with Gasteiger partial charge in [0, 0.05) is 11.4 Å². The first-order valence-electron chi connectivity index (χ1n) is 5.87. The lowest BCUT2D eigenvalue weighted by Gasteiger charge is -2.09. The Kier molecular flexibility index (Phi) is 4.40. The Morgan fingerprint density at radius 1 is 1.43 bits per heavy atom. The average molecular weight is 329 g/mol. The highest BCUT2D eigenvalue weighted by molar-refractivity contribution is 7.89. The number of thiophene rings is 1. The van der Waals surface area contributed by atoms with E-state index >= 15 is 0 Å². The Labute approximate surface area is 125 Å². The number of halogens is 1. The van der Waals surface area contributed by atoms with Crippen LogP contribution in [0.5, 0.6) is 0 Å². The molecule has 0 atom stereocenters. The number of aryl methyl sites for hydroxylation is 1. The van der Waals surface area contributed by atoms with Crippen LogP contribution in [0.15, 0.2) is 34.5 Å². The molecule has 2 rings (SSSR count). The van der Waals surface area contributed by atoms with Crippen molar-refractivity contribution in [2.75, 3.05) is 0 Å². The highest BCUT2D eigenvalue weighted by Crippen LogP contribution is 2.20. The van der Waals surface area contributed by atoms with Gasteiger partial charge in [-0.3, -0.25) is 0 Å². The molecule has 0 saturated heterocycles. The van der Waals surface area contributed by atoms with E-state index in [4.69, 9.17) is 5.11 Å². The molecule has 0 saturated carbocycles. The molecule has 112 valence electrons. The second kappa shape index (κ2) is 5.92. The van der Waals surface area contributed by atoms with Crippen LogP contribution in [0.2, 0.25) is 0 Å². The molecule has 0 radical (unpaired) electrons. The Balaban J connectivity index is 2.33. The number of benzene rings is 1. The van der Waals surface area contributed by atoms with Gasteiger partial charge in [0.05, 0.1) is 10.5 Å². The fourth-order valence-electron chi connectivity index (χ4n) is 1.71. The molecule has 2 aromatic rings. The van der Waals surface area contributed by atoms with Crippen molar-refractivity contribution < 1.29 is 22.7 Å². The number of sulfonamides is 1. The largest absolute Gasteiger partial charge is 0.478 e. The predicted octanol–water partition coefficient (Wildman–Crippen LogP) is 2.37. The molecule has 1 aromatic heterocycles. The molecule has 0 fully saturated rings. The maximum atomic E-state index is 13.6. The lowest BCUT2D eigenvalue weighted by molar-refractivity contribution is 0.0691. The van der Waals surface area contributed by atoms with Gasteiger partial charge < -0.3 is 5.11 Å². The number of hydrogen-bond donors (Lipinski definition) is 2. The van der Waals surface area contributed by atoms with E-state index < -0.39 is 27.4 Å². The van der Waals surface area contributed by atoms with Crippen LogP contribution < -0.4 is 4.72 Å². The van der Waals surface area contributed by atoms with Crippen molar-refractivity contribution in [2.24, 2.45) is 0 Å². The zero-order valence-electron chi connectivity index (χ0n) is 11.0. The first kappa shape index (κ1) is 15.6. The van der Waals surface area contributed by atoms with E-state index in [1.54, 1.807) is 12.1 Å². The SMILES string of the molecule is Cc1cc(S(=O)(=O)NCc2cccs2)cc(C(=O)O)c1F. The summed E-state index contributed by atoms with van der Waals surface area (Å²) in [6.45, 7) is 1.42. The minimum atomic E-state index is -3.90. The molecule has 0 spiro atoms. The second-order valence-electron chi connectivity index (χ2n) is 4.31. The van der Waals surface area contributed by atoms with E-state index in [1.165, 1.54) is 18.3 Å². The standard InChI is InChI=1S/C13H12FNO4S2/c1-8-5-10(6-11(12(8)14)13(16)17)21(18,19)15-7-9-3-2-4-20-9/h2-6,15H,7H2,1H3,(H,16,17). The molecule has 5 nitrogen and oxygen atoms in total. The van der Waals surface area contributed by atoms with Crippen molar-refractivity contribution in [3.63, 3.8) is 0 Å². The summed E-state index contributed by atoms with van der Waals surface area (Å²) >= 11 is 1.39. The molecule has 8 heteroatoms. The average Bonchev–Trinajstić information content (AvgIpc) is 2.92. The van der Waals surface area contributed by atoms with Crippen LogP contribution in [0.4, 0.5) is 4.39 Å². The molecule has 1 heterocycles.